The molecule has 0 bridgehead atoms. The first-order chi connectivity index (χ1) is 7.80. The highest BCUT2D eigenvalue weighted by Crippen LogP contribution is 2.43. The molecule has 3 heteroatoms. The van der Waals surface area contributed by atoms with E-state index < -0.39 is 11.6 Å². The molecular weight excluding hydrogens is 220 g/mol. The van der Waals surface area contributed by atoms with Crippen LogP contribution in [0.15, 0.2) is 18.2 Å². The summed E-state index contributed by atoms with van der Waals surface area (Å²) < 4.78 is 25.9. The van der Waals surface area contributed by atoms with Crippen molar-refractivity contribution in [2.75, 3.05) is 0 Å². The summed E-state index contributed by atoms with van der Waals surface area (Å²) in [5, 5.41) is 0. The maximum absolute atomic E-state index is 13.1. The van der Waals surface area contributed by atoms with Crippen molar-refractivity contribution in [3.05, 3.63) is 35.4 Å². The van der Waals surface area contributed by atoms with Crippen LogP contribution in [0.2, 0.25) is 0 Å². The molecule has 1 aliphatic carbocycles. The fourth-order valence-electron chi connectivity index (χ4n) is 2.92. The molecule has 0 spiro atoms. The average Bonchev–Trinajstić information content (AvgIpc) is 2.47. The molecule has 0 heterocycles. The van der Waals surface area contributed by atoms with Gasteiger partial charge < -0.3 is 5.73 Å². The highest BCUT2D eigenvalue weighted by molar-refractivity contribution is 5.21. The van der Waals surface area contributed by atoms with E-state index in [9.17, 15) is 8.78 Å². The molecule has 1 aliphatic rings. The standard InChI is InChI=1S/C14H19F2N/c1-13(2)5-6-14(17,9-13)8-10-3-4-11(15)12(16)7-10/h3-4,7H,5-6,8-9,17H2,1-2H3. The molecule has 0 aromatic heterocycles. The monoisotopic (exact) mass is 239 g/mol. The van der Waals surface area contributed by atoms with Crippen LogP contribution >= 0.6 is 0 Å². The molecule has 0 saturated heterocycles. The molecule has 0 radical (unpaired) electrons. The number of halogens is 2. The van der Waals surface area contributed by atoms with Crippen molar-refractivity contribution >= 4 is 0 Å². The molecule has 0 amide bonds. The summed E-state index contributed by atoms with van der Waals surface area (Å²) in [7, 11) is 0. The van der Waals surface area contributed by atoms with Gasteiger partial charge in [0.25, 0.3) is 0 Å². The fraction of sp³-hybridized carbons (Fsp3) is 0.571. The molecular formula is C14H19F2N. The summed E-state index contributed by atoms with van der Waals surface area (Å²) >= 11 is 0. The average molecular weight is 239 g/mol. The fourth-order valence-corrected chi connectivity index (χ4v) is 2.92. The summed E-state index contributed by atoms with van der Waals surface area (Å²) in [5.74, 6) is -1.59. The zero-order chi connectivity index (χ0) is 12.7. The molecule has 1 saturated carbocycles. The summed E-state index contributed by atoms with van der Waals surface area (Å²) in [4.78, 5) is 0. The molecule has 2 rings (SSSR count). The Kier molecular flexibility index (Phi) is 2.98. The molecule has 94 valence electrons. The zero-order valence-electron chi connectivity index (χ0n) is 10.4. The Bertz CT molecular complexity index is 428. The van der Waals surface area contributed by atoms with Gasteiger partial charge in [-0.25, -0.2) is 8.78 Å². The SMILES string of the molecule is CC1(C)CCC(N)(Cc2ccc(F)c(F)c2)C1. The third kappa shape index (κ3) is 2.83. The Morgan fingerprint density at radius 1 is 1.18 bits per heavy atom. The third-order valence-corrected chi connectivity index (χ3v) is 3.67. The van der Waals surface area contributed by atoms with Crippen LogP contribution in [0.4, 0.5) is 8.78 Å². The van der Waals surface area contributed by atoms with Crippen LogP contribution < -0.4 is 5.73 Å². The minimum absolute atomic E-state index is 0.257. The van der Waals surface area contributed by atoms with Crippen molar-refractivity contribution in [2.45, 2.75) is 45.1 Å². The minimum atomic E-state index is -0.799. The molecule has 17 heavy (non-hydrogen) atoms. The lowest BCUT2D eigenvalue weighted by atomic mass is 9.85. The van der Waals surface area contributed by atoms with Crippen molar-refractivity contribution in [3.8, 4) is 0 Å². The van der Waals surface area contributed by atoms with E-state index in [4.69, 9.17) is 5.73 Å². The second-order valence-corrected chi connectivity index (χ2v) is 6.13. The first-order valence-corrected chi connectivity index (χ1v) is 6.03. The van der Waals surface area contributed by atoms with Gasteiger partial charge in [-0.2, -0.15) is 0 Å². The van der Waals surface area contributed by atoms with Gasteiger partial charge in [-0.05, 0) is 48.8 Å². The number of hydrogen-bond acceptors (Lipinski definition) is 1. The van der Waals surface area contributed by atoms with Gasteiger partial charge in [0.1, 0.15) is 0 Å². The second-order valence-electron chi connectivity index (χ2n) is 6.13. The molecule has 1 fully saturated rings. The van der Waals surface area contributed by atoms with E-state index in [0.29, 0.717) is 6.42 Å². The van der Waals surface area contributed by atoms with Crippen LogP contribution in [0, 0.1) is 17.0 Å². The van der Waals surface area contributed by atoms with Crippen molar-refractivity contribution in [1.82, 2.24) is 0 Å². The molecule has 1 aromatic rings. The van der Waals surface area contributed by atoms with Crippen LogP contribution in [0.25, 0.3) is 0 Å². The van der Waals surface area contributed by atoms with Gasteiger partial charge in [-0.3, -0.25) is 0 Å². The quantitative estimate of drug-likeness (QED) is 0.840. The lowest BCUT2D eigenvalue weighted by Gasteiger charge is -2.26. The zero-order valence-corrected chi connectivity index (χ0v) is 10.4. The van der Waals surface area contributed by atoms with Gasteiger partial charge in [-0.1, -0.05) is 19.9 Å². The summed E-state index contributed by atoms with van der Waals surface area (Å²) in [5.41, 5.74) is 7.11. The first-order valence-electron chi connectivity index (χ1n) is 6.03. The van der Waals surface area contributed by atoms with Crippen LogP contribution in [-0.4, -0.2) is 5.54 Å². The van der Waals surface area contributed by atoms with Gasteiger partial charge in [0.2, 0.25) is 0 Å². The van der Waals surface area contributed by atoms with Crippen LogP contribution in [0.3, 0.4) is 0 Å². The van der Waals surface area contributed by atoms with Gasteiger partial charge in [0, 0.05) is 5.54 Å². The molecule has 2 N–H and O–H groups in total. The molecule has 1 atom stereocenters. The minimum Gasteiger partial charge on any atom is -0.325 e. The van der Waals surface area contributed by atoms with Crippen LogP contribution in [0.5, 0.6) is 0 Å². The summed E-state index contributed by atoms with van der Waals surface area (Å²) in [6.45, 7) is 4.40. The lowest BCUT2D eigenvalue weighted by molar-refractivity contribution is 0.334. The largest absolute Gasteiger partial charge is 0.325 e. The van der Waals surface area contributed by atoms with Crippen LogP contribution in [-0.2, 0) is 6.42 Å². The van der Waals surface area contributed by atoms with Gasteiger partial charge in [0.15, 0.2) is 11.6 Å². The number of hydrogen-bond donors (Lipinski definition) is 1. The van der Waals surface area contributed by atoms with Gasteiger partial charge >= 0.3 is 0 Å². The summed E-state index contributed by atoms with van der Waals surface area (Å²) in [6, 6.07) is 4.06. The van der Waals surface area contributed by atoms with E-state index >= 15 is 0 Å². The third-order valence-electron chi connectivity index (χ3n) is 3.67. The van der Waals surface area contributed by atoms with E-state index in [1.54, 1.807) is 6.07 Å². The van der Waals surface area contributed by atoms with E-state index in [1.165, 1.54) is 12.1 Å². The molecule has 1 unspecified atom stereocenters. The predicted molar refractivity (Wildman–Crippen MR) is 64.6 cm³/mol. The van der Waals surface area contributed by atoms with Crippen molar-refractivity contribution in [3.63, 3.8) is 0 Å². The normalized spacial score (nSPS) is 27.4. The molecule has 1 aromatic carbocycles. The Hall–Kier alpha value is -0.960. The lowest BCUT2D eigenvalue weighted by Crippen LogP contribution is -2.40. The maximum Gasteiger partial charge on any atom is 0.159 e. The highest BCUT2D eigenvalue weighted by atomic mass is 19.2. The Labute approximate surface area is 101 Å². The van der Waals surface area contributed by atoms with Gasteiger partial charge in [0.05, 0.1) is 0 Å². The van der Waals surface area contributed by atoms with Crippen molar-refractivity contribution in [2.24, 2.45) is 11.1 Å². The van der Waals surface area contributed by atoms with Crippen molar-refractivity contribution in [1.29, 1.82) is 0 Å². The topological polar surface area (TPSA) is 26.0 Å². The van der Waals surface area contributed by atoms with E-state index in [0.717, 1.165) is 24.8 Å². The first kappa shape index (κ1) is 12.5. The smallest absolute Gasteiger partial charge is 0.159 e. The van der Waals surface area contributed by atoms with E-state index in [2.05, 4.69) is 13.8 Å². The van der Waals surface area contributed by atoms with Gasteiger partial charge in [-0.15, -0.1) is 0 Å². The van der Waals surface area contributed by atoms with E-state index in [1.807, 2.05) is 0 Å². The molecule has 1 nitrogen and oxygen atoms in total. The summed E-state index contributed by atoms with van der Waals surface area (Å²) in [6.07, 6.45) is 3.58. The highest BCUT2D eigenvalue weighted by Gasteiger charge is 2.40. The van der Waals surface area contributed by atoms with Crippen molar-refractivity contribution < 1.29 is 8.78 Å². The second kappa shape index (κ2) is 4.05. The molecule has 0 aliphatic heterocycles. The maximum atomic E-state index is 13.1. The Balaban J connectivity index is 2.13. The number of nitrogens with two attached hydrogens (primary N) is 1. The Morgan fingerprint density at radius 3 is 2.41 bits per heavy atom. The Morgan fingerprint density at radius 2 is 1.88 bits per heavy atom. The van der Waals surface area contributed by atoms with Crippen LogP contribution in [0.1, 0.15) is 38.7 Å². The number of benzene rings is 1. The number of rotatable bonds is 2. The van der Waals surface area contributed by atoms with E-state index in [-0.39, 0.29) is 11.0 Å². The predicted octanol–water partition coefficient (Wildman–Crippen LogP) is 3.41.